The SMILES string of the molecule is CC.CCOC(=O)CCCCNC1c2ccccc2N(C)S(=O)c2cc(C)ccc21. The second kappa shape index (κ2) is 11.9. The summed E-state index contributed by atoms with van der Waals surface area (Å²) in [6.45, 7) is 9.04. The quantitative estimate of drug-likeness (QED) is 0.501. The maximum absolute atomic E-state index is 13.2. The van der Waals surface area contributed by atoms with Crippen LogP contribution in [0.15, 0.2) is 47.4 Å². The number of para-hydroxylation sites is 1. The molecule has 0 spiro atoms. The Balaban J connectivity index is 0.00000155. The van der Waals surface area contributed by atoms with Gasteiger partial charge in [-0.05, 0) is 62.1 Å². The molecular weight excluding hydrogens is 396 g/mol. The van der Waals surface area contributed by atoms with E-state index in [2.05, 4.69) is 23.5 Å². The third-order valence-corrected chi connectivity index (χ3v) is 6.39. The number of unbranched alkanes of at least 4 members (excludes halogenated alkanes) is 1. The summed E-state index contributed by atoms with van der Waals surface area (Å²) >= 11 is 0. The molecule has 6 heteroatoms. The van der Waals surface area contributed by atoms with Crippen LogP contribution in [0, 0.1) is 6.92 Å². The molecule has 2 atom stereocenters. The van der Waals surface area contributed by atoms with Crippen molar-refractivity contribution in [2.75, 3.05) is 24.5 Å². The number of hydrogen-bond acceptors (Lipinski definition) is 4. The Hall–Kier alpha value is -2.18. The van der Waals surface area contributed by atoms with Crippen LogP contribution >= 0.6 is 0 Å². The van der Waals surface area contributed by atoms with Gasteiger partial charge in [-0.15, -0.1) is 0 Å². The number of carbonyl (C=O) groups excluding carboxylic acids is 1. The number of benzene rings is 2. The van der Waals surface area contributed by atoms with Crippen molar-refractivity contribution in [2.24, 2.45) is 0 Å². The second-order valence-electron chi connectivity index (χ2n) is 7.00. The number of aryl methyl sites for hydroxylation is 1. The first-order chi connectivity index (χ1) is 14.5. The van der Waals surface area contributed by atoms with Crippen molar-refractivity contribution in [1.29, 1.82) is 0 Å². The summed E-state index contributed by atoms with van der Waals surface area (Å²) in [6, 6.07) is 14.2. The molecule has 30 heavy (non-hydrogen) atoms. The molecule has 0 radical (unpaired) electrons. The molecule has 2 unspecified atom stereocenters. The number of carbonyl (C=O) groups is 1. The number of fused-ring (bicyclic) bond motifs is 2. The largest absolute Gasteiger partial charge is 0.466 e. The average Bonchev–Trinajstić information content (AvgIpc) is 2.84. The topological polar surface area (TPSA) is 58.6 Å². The predicted octanol–water partition coefficient (Wildman–Crippen LogP) is 4.91. The van der Waals surface area contributed by atoms with Crippen molar-refractivity contribution in [3.63, 3.8) is 0 Å². The van der Waals surface area contributed by atoms with Gasteiger partial charge in [0, 0.05) is 13.5 Å². The number of ether oxygens (including phenoxy) is 1. The van der Waals surface area contributed by atoms with E-state index in [0.29, 0.717) is 13.0 Å². The van der Waals surface area contributed by atoms with Gasteiger partial charge in [0.1, 0.15) is 0 Å². The van der Waals surface area contributed by atoms with Gasteiger partial charge in [-0.3, -0.25) is 9.10 Å². The second-order valence-corrected chi connectivity index (χ2v) is 8.48. The van der Waals surface area contributed by atoms with Crippen LogP contribution in [-0.2, 0) is 20.5 Å². The molecule has 0 saturated carbocycles. The molecule has 1 aliphatic heterocycles. The van der Waals surface area contributed by atoms with E-state index in [1.807, 2.05) is 63.3 Å². The van der Waals surface area contributed by atoms with Gasteiger partial charge in [-0.2, -0.15) is 0 Å². The summed E-state index contributed by atoms with van der Waals surface area (Å²) in [7, 11) is 0.623. The van der Waals surface area contributed by atoms with Gasteiger partial charge >= 0.3 is 5.97 Å². The Bertz CT molecular complexity index is 869. The summed E-state index contributed by atoms with van der Waals surface area (Å²) in [5.74, 6) is -0.139. The zero-order valence-electron chi connectivity index (χ0n) is 18.7. The van der Waals surface area contributed by atoms with Crippen LogP contribution in [0.25, 0.3) is 0 Å². The first-order valence-corrected chi connectivity index (χ1v) is 11.9. The van der Waals surface area contributed by atoms with Gasteiger partial charge in [0.2, 0.25) is 0 Å². The van der Waals surface area contributed by atoms with E-state index in [4.69, 9.17) is 4.74 Å². The monoisotopic (exact) mass is 430 g/mol. The molecule has 1 aliphatic rings. The highest BCUT2D eigenvalue weighted by Gasteiger charge is 2.29. The van der Waals surface area contributed by atoms with Gasteiger partial charge < -0.3 is 10.1 Å². The maximum Gasteiger partial charge on any atom is 0.305 e. The number of nitrogens with one attached hydrogen (secondary N) is 1. The molecule has 3 rings (SSSR count). The van der Waals surface area contributed by atoms with Crippen molar-refractivity contribution < 1.29 is 13.7 Å². The van der Waals surface area contributed by atoms with Crippen molar-refractivity contribution in [3.05, 3.63) is 59.2 Å². The van der Waals surface area contributed by atoms with Crippen LogP contribution in [0.5, 0.6) is 0 Å². The van der Waals surface area contributed by atoms with E-state index < -0.39 is 11.0 Å². The lowest BCUT2D eigenvalue weighted by molar-refractivity contribution is -0.143. The smallest absolute Gasteiger partial charge is 0.305 e. The number of hydrogen-bond donors (Lipinski definition) is 1. The molecular formula is C24H34N2O3S. The van der Waals surface area contributed by atoms with E-state index in [9.17, 15) is 9.00 Å². The number of esters is 1. The van der Waals surface area contributed by atoms with Crippen LogP contribution in [0.2, 0.25) is 0 Å². The van der Waals surface area contributed by atoms with Crippen LogP contribution < -0.4 is 9.62 Å². The molecule has 1 heterocycles. The minimum Gasteiger partial charge on any atom is -0.466 e. The normalized spacial score (nSPS) is 17.2. The van der Waals surface area contributed by atoms with E-state index in [-0.39, 0.29) is 12.0 Å². The van der Waals surface area contributed by atoms with Crippen molar-refractivity contribution in [2.45, 2.75) is 57.9 Å². The number of rotatable bonds is 7. The zero-order chi connectivity index (χ0) is 22.1. The summed E-state index contributed by atoms with van der Waals surface area (Å²) in [6.07, 6.45) is 2.10. The van der Waals surface area contributed by atoms with Gasteiger partial charge in [0.25, 0.3) is 0 Å². The number of anilines is 1. The molecule has 2 aromatic carbocycles. The Morgan fingerprint density at radius 3 is 2.60 bits per heavy atom. The van der Waals surface area contributed by atoms with E-state index >= 15 is 0 Å². The third kappa shape index (κ3) is 5.70. The highest BCUT2D eigenvalue weighted by Crippen LogP contribution is 2.38. The first-order valence-electron chi connectivity index (χ1n) is 10.8. The highest BCUT2D eigenvalue weighted by molar-refractivity contribution is 7.86. The summed E-state index contributed by atoms with van der Waals surface area (Å²) in [5, 5.41) is 3.63. The third-order valence-electron chi connectivity index (χ3n) is 4.97. The molecule has 2 aromatic rings. The maximum atomic E-state index is 13.2. The fraction of sp³-hybridized carbons (Fsp3) is 0.458. The van der Waals surface area contributed by atoms with Crippen LogP contribution in [0.3, 0.4) is 0 Å². The van der Waals surface area contributed by atoms with Gasteiger partial charge in [-0.1, -0.05) is 44.2 Å². The van der Waals surface area contributed by atoms with Crippen LogP contribution in [-0.4, -0.2) is 30.4 Å². The van der Waals surface area contributed by atoms with Gasteiger partial charge in [0.15, 0.2) is 11.0 Å². The molecule has 0 amide bonds. The summed E-state index contributed by atoms with van der Waals surface area (Å²) in [5.41, 5.74) is 4.23. The van der Waals surface area contributed by atoms with E-state index in [0.717, 1.165) is 46.7 Å². The Kier molecular flexibility index (Phi) is 9.53. The summed E-state index contributed by atoms with van der Waals surface area (Å²) < 4.78 is 20.0. The average molecular weight is 431 g/mol. The molecule has 0 fully saturated rings. The minimum absolute atomic E-state index is 0.0386. The van der Waals surface area contributed by atoms with E-state index in [1.54, 1.807) is 0 Å². The van der Waals surface area contributed by atoms with Crippen molar-refractivity contribution >= 4 is 22.6 Å². The fourth-order valence-electron chi connectivity index (χ4n) is 3.55. The van der Waals surface area contributed by atoms with Crippen LogP contribution in [0.1, 0.15) is 62.8 Å². The first kappa shape index (κ1) is 24.1. The zero-order valence-corrected chi connectivity index (χ0v) is 19.6. The molecule has 164 valence electrons. The minimum atomic E-state index is -1.25. The lowest BCUT2D eigenvalue weighted by Gasteiger charge is -2.22. The Morgan fingerprint density at radius 1 is 1.13 bits per heavy atom. The number of nitrogens with zero attached hydrogens (tertiary/aromatic N) is 1. The Morgan fingerprint density at radius 2 is 1.87 bits per heavy atom. The molecule has 5 nitrogen and oxygen atoms in total. The highest BCUT2D eigenvalue weighted by atomic mass is 32.2. The van der Waals surface area contributed by atoms with Gasteiger partial charge in [0.05, 0.1) is 23.2 Å². The molecule has 1 N–H and O–H groups in total. The summed E-state index contributed by atoms with van der Waals surface area (Å²) in [4.78, 5) is 12.4. The standard InChI is InChI=1S/C22H28N2O3S.C2H6/c1-4-27-21(25)11-7-8-14-23-22-17-9-5-6-10-19(17)24(3)28(26)20-15-16(2)12-13-18(20)22;1-2/h5-6,9-10,12-13,15,22-23H,4,7-8,11,14H2,1-3H3;1-2H3. The van der Waals surface area contributed by atoms with Gasteiger partial charge in [-0.25, -0.2) is 4.21 Å². The molecule has 0 aromatic heterocycles. The molecule has 0 saturated heterocycles. The van der Waals surface area contributed by atoms with E-state index in [1.165, 1.54) is 0 Å². The fourth-order valence-corrected chi connectivity index (χ4v) is 4.86. The lowest BCUT2D eigenvalue weighted by Crippen LogP contribution is -2.24. The molecule has 0 aliphatic carbocycles. The van der Waals surface area contributed by atoms with Crippen LogP contribution in [0.4, 0.5) is 5.69 Å². The Labute approximate surface area is 183 Å². The van der Waals surface area contributed by atoms with Crippen molar-refractivity contribution in [1.82, 2.24) is 5.32 Å². The lowest BCUT2D eigenvalue weighted by atomic mass is 9.96. The van der Waals surface area contributed by atoms with Crippen molar-refractivity contribution in [3.8, 4) is 0 Å². The predicted molar refractivity (Wildman–Crippen MR) is 124 cm³/mol. The molecule has 0 bridgehead atoms.